The van der Waals surface area contributed by atoms with E-state index in [0.717, 1.165) is 13.1 Å². The molecule has 1 aliphatic heterocycles. The van der Waals surface area contributed by atoms with Crippen LogP contribution in [-0.4, -0.2) is 61.0 Å². The quantitative estimate of drug-likeness (QED) is 0.686. The van der Waals surface area contributed by atoms with Gasteiger partial charge in [0.15, 0.2) is 5.78 Å². The van der Waals surface area contributed by atoms with Crippen molar-refractivity contribution in [1.29, 1.82) is 0 Å². The van der Waals surface area contributed by atoms with Crippen LogP contribution in [0, 0.1) is 0 Å². The van der Waals surface area contributed by atoms with Crippen LogP contribution in [0.3, 0.4) is 0 Å². The van der Waals surface area contributed by atoms with Gasteiger partial charge in [-0.15, -0.1) is 0 Å². The van der Waals surface area contributed by atoms with E-state index in [1.54, 1.807) is 30.3 Å². The van der Waals surface area contributed by atoms with Crippen LogP contribution in [0.25, 0.3) is 0 Å². The van der Waals surface area contributed by atoms with Crippen molar-refractivity contribution in [3.8, 4) is 11.5 Å². The minimum absolute atomic E-state index is 0.00433. The molecule has 3 N–H and O–H groups in total. The fourth-order valence-electron chi connectivity index (χ4n) is 3.67. The molecule has 28 heavy (non-hydrogen) atoms. The first-order chi connectivity index (χ1) is 13.6. The van der Waals surface area contributed by atoms with Gasteiger partial charge in [-0.3, -0.25) is 14.5 Å². The van der Waals surface area contributed by atoms with Gasteiger partial charge in [-0.25, -0.2) is 0 Å². The Balaban J connectivity index is 1.63. The normalized spacial score (nSPS) is 16.6. The third-order valence-electron chi connectivity index (χ3n) is 5.22. The molecule has 7 heteroatoms. The van der Waals surface area contributed by atoms with Gasteiger partial charge < -0.3 is 20.3 Å². The summed E-state index contributed by atoms with van der Waals surface area (Å²) in [6, 6.07) is 8.12. The van der Waals surface area contributed by atoms with Gasteiger partial charge in [-0.2, -0.15) is 0 Å². The van der Waals surface area contributed by atoms with Crippen LogP contribution in [0.1, 0.15) is 37.4 Å². The molecule has 0 saturated carbocycles. The molecule has 0 atom stereocenters. The summed E-state index contributed by atoms with van der Waals surface area (Å²) in [6.45, 7) is 4.26. The molecule has 2 aromatic rings. The Hall–Kier alpha value is -2.74. The second-order valence-electron chi connectivity index (χ2n) is 6.84. The summed E-state index contributed by atoms with van der Waals surface area (Å²) in [4.78, 5) is 28.3. The number of benzene rings is 2. The average Bonchev–Trinajstić information content (AvgIpc) is 2.72. The molecule has 0 unspecified atom stereocenters. The first-order valence-electron chi connectivity index (χ1n) is 9.32. The number of phenolic OH excluding ortho intramolecular Hbond substituents is 1. The van der Waals surface area contributed by atoms with Crippen molar-refractivity contribution in [2.24, 2.45) is 5.73 Å². The van der Waals surface area contributed by atoms with Gasteiger partial charge in [0.25, 0.3) is 0 Å². The average molecular weight is 382 g/mol. The fourth-order valence-corrected chi connectivity index (χ4v) is 3.67. The van der Waals surface area contributed by atoms with Crippen LogP contribution in [0.4, 0.5) is 0 Å². The van der Waals surface area contributed by atoms with Gasteiger partial charge in [0.1, 0.15) is 18.1 Å². The Bertz CT molecular complexity index is 935. The Labute approximate surface area is 162 Å². The monoisotopic (exact) mass is 382 g/mol. The number of phenols is 1. The highest BCUT2D eigenvalue weighted by Gasteiger charge is 2.35. The van der Waals surface area contributed by atoms with Crippen molar-refractivity contribution in [3.05, 3.63) is 58.1 Å². The standard InChI is InChI=1S/C21H22N2O5/c22-12-13-4-5-15-18(19(13)24)21(26)17-14(20(15)25)2-1-3-16(17)28-11-8-23-6-9-27-10-7-23/h1-5,24H,6-12,22H2. The van der Waals surface area contributed by atoms with E-state index in [9.17, 15) is 14.7 Å². The van der Waals surface area contributed by atoms with Crippen molar-refractivity contribution in [3.63, 3.8) is 0 Å². The van der Waals surface area contributed by atoms with Crippen LogP contribution < -0.4 is 10.5 Å². The van der Waals surface area contributed by atoms with E-state index in [-0.39, 0.29) is 34.8 Å². The van der Waals surface area contributed by atoms with Gasteiger partial charge in [-0.1, -0.05) is 18.2 Å². The molecule has 0 spiro atoms. The molecule has 2 aromatic carbocycles. The SMILES string of the molecule is NCc1ccc2c(c1O)C(=O)c1c(OCCN3CCOCC3)cccc1C2=O. The van der Waals surface area contributed by atoms with E-state index in [4.69, 9.17) is 15.2 Å². The summed E-state index contributed by atoms with van der Waals surface area (Å²) in [7, 11) is 0. The first kappa shape index (κ1) is 18.6. The maximum absolute atomic E-state index is 13.2. The van der Waals surface area contributed by atoms with Gasteiger partial charge in [0, 0.05) is 42.9 Å². The number of ketones is 2. The Kier molecular flexibility index (Phi) is 5.13. The summed E-state index contributed by atoms with van der Waals surface area (Å²) in [5, 5.41) is 10.5. The molecule has 7 nitrogen and oxygen atoms in total. The molecule has 0 radical (unpaired) electrons. The summed E-state index contributed by atoms with van der Waals surface area (Å²) in [5.74, 6) is -0.596. The van der Waals surface area contributed by atoms with Crippen molar-refractivity contribution >= 4 is 11.6 Å². The largest absolute Gasteiger partial charge is 0.507 e. The zero-order valence-electron chi connectivity index (χ0n) is 15.4. The molecular formula is C21H22N2O5. The zero-order valence-corrected chi connectivity index (χ0v) is 15.4. The van der Waals surface area contributed by atoms with E-state index in [1.165, 1.54) is 0 Å². The Morgan fingerprint density at radius 3 is 2.54 bits per heavy atom. The van der Waals surface area contributed by atoms with Crippen molar-refractivity contribution in [2.75, 3.05) is 39.5 Å². The van der Waals surface area contributed by atoms with Gasteiger partial charge in [-0.05, 0) is 12.1 Å². The molecular weight excluding hydrogens is 360 g/mol. The zero-order chi connectivity index (χ0) is 19.7. The molecule has 146 valence electrons. The minimum atomic E-state index is -0.417. The molecule has 2 aliphatic rings. The van der Waals surface area contributed by atoms with Crippen LogP contribution in [-0.2, 0) is 11.3 Å². The molecule has 0 bridgehead atoms. The van der Waals surface area contributed by atoms with Gasteiger partial charge >= 0.3 is 0 Å². The highest BCUT2D eigenvalue weighted by atomic mass is 16.5. The molecule has 1 aliphatic carbocycles. The number of carbonyl (C=O) groups excluding carboxylic acids is 2. The maximum atomic E-state index is 13.2. The molecule has 0 amide bonds. The number of ether oxygens (including phenoxy) is 2. The third kappa shape index (κ3) is 3.17. The second-order valence-corrected chi connectivity index (χ2v) is 6.84. The van der Waals surface area contributed by atoms with Crippen LogP contribution in [0.15, 0.2) is 30.3 Å². The Morgan fingerprint density at radius 1 is 1.04 bits per heavy atom. The number of fused-ring (bicyclic) bond motifs is 2. The first-order valence-corrected chi connectivity index (χ1v) is 9.32. The molecule has 4 rings (SSSR count). The van der Waals surface area contributed by atoms with Crippen molar-refractivity contribution < 1.29 is 24.2 Å². The number of hydrogen-bond donors (Lipinski definition) is 2. The maximum Gasteiger partial charge on any atom is 0.201 e. The molecule has 1 saturated heterocycles. The van der Waals surface area contributed by atoms with E-state index >= 15 is 0 Å². The number of aromatic hydroxyl groups is 1. The molecule has 1 fully saturated rings. The Morgan fingerprint density at radius 2 is 1.79 bits per heavy atom. The number of hydrogen-bond acceptors (Lipinski definition) is 7. The van der Waals surface area contributed by atoms with Crippen LogP contribution in [0.2, 0.25) is 0 Å². The number of carbonyl (C=O) groups is 2. The lowest BCUT2D eigenvalue weighted by atomic mass is 9.82. The smallest absolute Gasteiger partial charge is 0.201 e. The van der Waals surface area contributed by atoms with E-state index in [2.05, 4.69) is 4.90 Å². The predicted molar refractivity (Wildman–Crippen MR) is 102 cm³/mol. The van der Waals surface area contributed by atoms with E-state index in [1.807, 2.05) is 0 Å². The summed E-state index contributed by atoms with van der Waals surface area (Å²) >= 11 is 0. The topological polar surface area (TPSA) is 102 Å². The second kappa shape index (κ2) is 7.71. The third-order valence-corrected chi connectivity index (χ3v) is 5.22. The van der Waals surface area contributed by atoms with Gasteiger partial charge in [0.05, 0.1) is 24.3 Å². The van der Waals surface area contributed by atoms with Gasteiger partial charge in [0.2, 0.25) is 5.78 Å². The highest BCUT2D eigenvalue weighted by Crippen LogP contribution is 2.38. The summed E-state index contributed by atoms with van der Waals surface area (Å²) < 4.78 is 11.2. The number of rotatable bonds is 5. The number of morpholine rings is 1. The molecule has 0 aromatic heterocycles. The minimum Gasteiger partial charge on any atom is -0.507 e. The highest BCUT2D eigenvalue weighted by molar-refractivity contribution is 6.30. The molecule has 1 heterocycles. The lowest BCUT2D eigenvalue weighted by Gasteiger charge is -2.27. The lowest BCUT2D eigenvalue weighted by Crippen LogP contribution is -2.38. The van der Waals surface area contributed by atoms with Crippen molar-refractivity contribution in [1.82, 2.24) is 4.90 Å². The number of nitrogens with zero attached hydrogens (tertiary/aromatic N) is 1. The summed E-state index contributed by atoms with van der Waals surface area (Å²) in [6.07, 6.45) is 0. The van der Waals surface area contributed by atoms with Crippen LogP contribution >= 0.6 is 0 Å². The fraction of sp³-hybridized carbons (Fsp3) is 0.333. The number of nitrogens with two attached hydrogens (primary N) is 1. The van der Waals surface area contributed by atoms with E-state index < -0.39 is 5.78 Å². The summed E-state index contributed by atoms with van der Waals surface area (Å²) in [5.41, 5.74) is 6.75. The predicted octanol–water partition coefficient (Wildman–Crippen LogP) is 1.34. The lowest BCUT2D eigenvalue weighted by molar-refractivity contribution is 0.0322. The van der Waals surface area contributed by atoms with E-state index in [0.29, 0.717) is 43.2 Å². The van der Waals surface area contributed by atoms with Crippen molar-refractivity contribution in [2.45, 2.75) is 6.54 Å². The van der Waals surface area contributed by atoms with Crippen LogP contribution in [0.5, 0.6) is 11.5 Å².